The lowest BCUT2D eigenvalue weighted by atomic mass is 10.1. The van der Waals surface area contributed by atoms with Gasteiger partial charge in [0, 0.05) is 4.91 Å². The molecular weight excluding hydrogens is 180 g/mol. The third kappa shape index (κ3) is 1.71. The third-order valence-electron chi connectivity index (χ3n) is 2.00. The molecule has 0 fully saturated rings. The summed E-state index contributed by atoms with van der Waals surface area (Å²) in [5.74, 6) is 0. The van der Waals surface area contributed by atoms with Crippen LogP contribution < -0.4 is 11.1 Å². The zero-order valence-electron chi connectivity index (χ0n) is 7.45. The van der Waals surface area contributed by atoms with Crippen LogP contribution in [0.5, 0.6) is 0 Å². The van der Waals surface area contributed by atoms with E-state index in [9.17, 15) is 0 Å². The number of allylic oxidation sites excluding steroid dienone is 1. The van der Waals surface area contributed by atoms with Gasteiger partial charge >= 0.3 is 0 Å². The second-order valence-electron chi connectivity index (χ2n) is 2.98. The molecule has 68 valence electrons. The van der Waals surface area contributed by atoms with Gasteiger partial charge in [0.05, 0.1) is 5.70 Å². The average Bonchev–Trinajstić information content (AvgIpc) is 2.47. The van der Waals surface area contributed by atoms with E-state index in [0.29, 0.717) is 0 Å². The van der Waals surface area contributed by atoms with Gasteiger partial charge in [0.1, 0.15) is 5.50 Å². The Labute approximate surface area is 82.2 Å². The lowest BCUT2D eigenvalue weighted by Crippen LogP contribution is -2.28. The standard InChI is InChI=1S/C10H12N2S/c1-7-9(12-10(11)13-7)8-5-3-2-4-6-8/h2-6,10,12H,11H2,1H3. The van der Waals surface area contributed by atoms with Gasteiger partial charge in [-0.3, -0.25) is 0 Å². The zero-order chi connectivity index (χ0) is 9.26. The van der Waals surface area contributed by atoms with E-state index in [1.807, 2.05) is 18.2 Å². The maximum Gasteiger partial charge on any atom is 0.127 e. The first-order valence-electron chi connectivity index (χ1n) is 4.22. The van der Waals surface area contributed by atoms with E-state index >= 15 is 0 Å². The molecule has 3 heteroatoms. The fourth-order valence-electron chi connectivity index (χ4n) is 1.41. The van der Waals surface area contributed by atoms with Crippen LogP contribution in [0.4, 0.5) is 0 Å². The summed E-state index contributed by atoms with van der Waals surface area (Å²) in [6, 6.07) is 10.3. The van der Waals surface area contributed by atoms with Crippen molar-refractivity contribution in [3.8, 4) is 0 Å². The van der Waals surface area contributed by atoms with E-state index in [0.717, 1.165) is 5.70 Å². The van der Waals surface area contributed by atoms with Crippen molar-refractivity contribution in [3.63, 3.8) is 0 Å². The molecule has 13 heavy (non-hydrogen) atoms. The summed E-state index contributed by atoms with van der Waals surface area (Å²) in [5.41, 5.74) is 8.15. The molecule has 1 heterocycles. The minimum atomic E-state index is 0.00945. The Morgan fingerprint density at radius 2 is 2.00 bits per heavy atom. The number of hydrogen-bond donors (Lipinski definition) is 2. The lowest BCUT2D eigenvalue weighted by molar-refractivity contribution is 0.853. The highest BCUT2D eigenvalue weighted by atomic mass is 32.2. The highest BCUT2D eigenvalue weighted by molar-refractivity contribution is 8.04. The monoisotopic (exact) mass is 192 g/mol. The Hall–Kier alpha value is -0.930. The molecule has 1 aliphatic heterocycles. The van der Waals surface area contributed by atoms with E-state index in [4.69, 9.17) is 5.73 Å². The van der Waals surface area contributed by atoms with Crippen molar-refractivity contribution in [2.24, 2.45) is 5.73 Å². The minimum Gasteiger partial charge on any atom is -0.360 e. The molecule has 3 N–H and O–H groups in total. The summed E-state index contributed by atoms with van der Waals surface area (Å²) in [5, 5.41) is 3.24. The van der Waals surface area contributed by atoms with Crippen LogP contribution in [0.3, 0.4) is 0 Å². The predicted octanol–water partition coefficient (Wildman–Crippen LogP) is 1.95. The topological polar surface area (TPSA) is 38.0 Å². The molecule has 0 bridgehead atoms. The van der Waals surface area contributed by atoms with Crippen LogP contribution in [0.1, 0.15) is 12.5 Å². The normalized spacial score (nSPS) is 21.8. The van der Waals surface area contributed by atoms with E-state index < -0.39 is 0 Å². The second-order valence-corrected chi connectivity index (χ2v) is 4.34. The van der Waals surface area contributed by atoms with Crippen LogP contribution in [-0.4, -0.2) is 5.50 Å². The minimum absolute atomic E-state index is 0.00945. The fourth-order valence-corrected chi connectivity index (χ4v) is 2.27. The van der Waals surface area contributed by atoms with Gasteiger partial charge in [-0.05, 0) is 12.5 Å². The summed E-state index contributed by atoms with van der Waals surface area (Å²) in [6.07, 6.45) is 0. The molecule has 0 spiro atoms. The van der Waals surface area contributed by atoms with Gasteiger partial charge < -0.3 is 11.1 Å². The van der Waals surface area contributed by atoms with Crippen LogP contribution in [0.2, 0.25) is 0 Å². The molecule has 1 aliphatic rings. The SMILES string of the molecule is CC1=C(c2ccccc2)NC(N)S1. The first kappa shape index (κ1) is 8.66. The Kier molecular flexibility index (Phi) is 2.29. The number of nitrogens with one attached hydrogen (secondary N) is 1. The van der Waals surface area contributed by atoms with Crippen molar-refractivity contribution >= 4 is 17.5 Å². The van der Waals surface area contributed by atoms with Crippen LogP contribution in [0.15, 0.2) is 35.2 Å². The number of nitrogens with two attached hydrogens (primary N) is 1. The molecule has 0 saturated heterocycles. The average molecular weight is 192 g/mol. The van der Waals surface area contributed by atoms with Crippen molar-refractivity contribution < 1.29 is 0 Å². The van der Waals surface area contributed by atoms with Gasteiger partial charge in [0.2, 0.25) is 0 Å². The second kappa shape index (κ2) is 3.44. The number of rotatable bonds is 1. The van der Waals surface area contributed by atoms with Crippen molar-refractivity contribution in [2.45, 2.75) is 12.4 Å². The van der Waals surface area contributed by atoms with Crippen molar-refractivity contribution in [1.29, 1.82) is 0 Å². The lowest BCUT2D eigenvalue weighted by Gasteiger charge is -2.06. The highest BCUT2D eigenvalue weighted by Crippen LogP contribution is 2.32. The number of hydrogen-bond acceptors (Lipinski definition) is 3. The quantitative estimate of drug-likeness (QED) is 0.714. The van der Waals surface area contributed by atoms with Crippen molar-refractivity contribution in [1.82, 2.24) is 5.32 Å². The molecule has 1 aromatic rings. The van der Waals surface area contributed by atoms with Crippen LogP contribution >= 0.6 is 11.8 Å². The van der Waals surface area contributed by atoms with Gasteiger partial charge in [-0.1, -0.05) is 42.1 Å². The van der Waals surface area contributed by atoms with Crippen LogP contribution in [-0.2, 0) is 0 Å². The van der Waals surface area contributed by atoms with E-state index in [1.54, 1.807) is 11.8 Å². The summed E-state index contributed by atoms with van der Waals surface area (Å²) in [7, 11) is 0. The van der Waals surface area contributed by atoms with Gasteiger partial charge in [-0.25, -0.2) is 0 Å². The maximum atomic E-state index is 5.76. The molecule has 0 amide bonds. The van der Waals surface area contributed by atoms with E-state index in [1.165, 1.54) is 10.5 Å². The highest BCUT2D eigenvalue weighted by Gasteiger charge is 2.18. The Morgan fingerprint density at radius 3 is 2.54 bits per heavy atom. The molecule has 1 atom stereocenters. The molecule has 0 saturated carbocycles. The molecule has 1 aromatic carbocycles. The summed E-state index contributed by atoms with van der Waals surface area (Å²) in [4.78, 5) is 1.26. The molecule has 0 aliphatic carbocycles. The van der Waals surface area contributed by atoms with Crippen molar-refractivity contribution in [2.75, 3.05) is 0 Å². The Balaban J connectivity index is 2.33. The maximum absolute atomic E-state index is 5.76. The predicted molar refractivity (Wildman–Crippen MR) is 57.7 cm³/mol. The summed E-state index contributed by atoms with van der Waals surface area (Å²) >= 11 is 1.67. The molecule has 0 aromatic heterocycles. The number of benzene rings is 1. The largest absolute Gasteiger partial charge is 0.360 e. The van der Waals surface area contributed by atoms with Crippen molar-refractivity contribution in [3.05, 3.63) is 40.8 Å². The Bertz CT molecular complexity index is 332. The van der Waals surface area contributed by atoms with Gasteiger partial charge in [-0.2, -0.15) is 0 Å². The fraction of sp³-hybridized carbons (Fsp3) is 0.200. The van der Waals surface area contributed by atoms with E-state index in [-0.39, 0.29) is 5.50 Å². The Morgan fingerprint density at radius 1 is 1.31 bits per heavy atom. The molecule has 2 rings (SSSR count). The van der Waals surface area contributed by atoms with Gasteiger partial charge in [-0.15, -0.1) is 0 Å². The molecule has 1 unspecified atom stereocenters. The summed E-state index contributed by atoms with van der Waals surface area (Å²) < 4.78 is 0. The van der Waals surface area contributed by atoms with Crippen LogP contribution in [0, 0.1) is 0 Å². The zero-order valence-corrected chi connectivity index (χ0v) is 8.27. The first-order chi connectivity index (χ1) is 6.27. The molecular formula is C10H12N2S. The number of thioether (sulfide) groups is 1. The van der Waals surface area contributed by atoms with Gasteiger partial charge in [0.25, 0.3) is 0 Å². The summed E-state index contributed by atoms with van der Waals surface area (Å²) in [6.45, 7) is 2.09. The smallest absolute Gasteiger partial charge is 0.127 e. The van der Waals surface area contributed by atoms with Gasteiger partial charge in [0.15, 0.2) is 0 Å². The molecule has 2 nitrogen and oxygen atoms in total. The van der Waals surface area contributed by atoms with E-state index in [2.05, 4.69) is 24.4 Å². The first-order valence-corrected chi connectivity index (χ1v) is 5.10. The third-order valence-corrected chi connectivity index (χ3v) is 2.93. The molecule has 0 radical (unpaired) electrons. The van der Waals surface area contributed by atoms with Crippen LogP contribution in [0.25, 0.3) is 5.70 Å².